The molecule has 1 fully saturated rings. The van der Waals surface area contributed by atoms with Crippen molar-refractivity contribution < 1.29 is 9.67 Å². The van der Waals surface area contributed by atoms with Crippen molar-refractivity contribution in [1.29, 1.82) is 0 Å². The molecule has 0 amide bonds. The topological polar surface area (TPSA) is 64.6 Å². The van der Waals surface area contributed by atoms with Gasteiger partial charge in [0.15, 0.2) is 0 Å². The standard InChI is InChI=1S/C12H26Cl2N3O2P/c13-6-9-17(10-7-14)20(19,15-8-11-18)16-12-4-2-1-3-5-12/h12,18H,1-11H2,(H2,15,16,19). The van der Waals surface area contributed by atoms with Crippen LogP contribution < -0.4 is 10.2 Å². The first-order chi connectivity index (χ1) is 9.66. The third kappa shape index (κ3) is 6.18. The highest BCUT2D eigenvalue weighted by atomic mass is 35.5. The maximum Gasteiger partial charge on any atom is 0.282 e. The first-order valence-electron chi connectivity index (χ1n) is 7.27. The summed E-state index contributed by atoms with van der Waals surface area (Å²) in [5.41, 5.74) is 0. The normalized spacial score (nSPS) is 20.2. The number of nitrogens with zero attached hydrogens (tertiary/aromatic N) is 1. The highest BCUT2D eigenvalue weighted by Gasteiger charge is 2.32. The van der Waals surface area contributed by atoms with Gasteiger partial charge >= 0.3 is 0 Å². The zero-order valence-electron chi connectivity index (χ0n) is 11.9. The average Bonchev–Trinajstić information content (AvgIpc) is 2.46. The van der Waals surface area contributed by atoms with Crippen LogP contribution in [0, 0.1) is 0 Å². The lowest BCUT2D eigenvalue weighted by atomic mass is 9.96. The van der Waals surface area contributed by atoms with E-state index in [0.717, 1.165) is 12.8 Å². The van der Waals surface area contributed by atoms with Gasteiger partial charge in [0, 0.05) is 37.4 Å². The van der Waals surface area contributed by atoms with Crippen LogP contribution >= 0.6 is 30.8 Å². The van der Waals surface area contributed by atoms with Crippen LogP contribution in [-0.4, -0.2) is 53.8 Å². The van der Waals surface area contributed by atoms with Gasteiger partial charge in [-0.1, -0.05) is 19.3 Å². The van der Waals surface area contributed by atoms with Gasteiger partial charge < -0.3 is 5.11 Å². The maximum absolute atomic E-state index is 13.2. The molecule has 1 rings (SSSR count). The predicted molar refractivity (Wildman–Crippen MR) is 85.7 cm³/mol. The molecule has 0 aromatic carbocycles. The minimum Gasteiger partial charge on any atom is -0.395 e. The predicted octanol–water partition coefficient (Wildman–Crippen LogP) is 2.38. The van der Waals surface area contributed by atoms with E-state index in [-0.39, 0.29) is 19.2 Å². The molecule has 0 spiro atoms. The SMILES string of the molecule is O=P(NCCO)(NC1CCCCC1)N(CCCl)CCCl. The molecule has 0 radical (unpaired) electrons. The van der Waals surface area contributed by atoms with Gasteiger partial charge in [0.2, 0.25) is 0 Å². The Bertz CT molecular complexity index is 298. The molecule has 1 aliphatic carbocycles. The number of aliphatic hydroxyl groups is 1. The van der Waals surface area contributed by atoms with Gasteiger partial charge in [-0.25, -0.2) is 14.8 Å². The highest BCUT2D eigenvalue weighted by Crippen LogP contribution is 2.42. The van der Waals surface area contributed by atoms with Gasteiger partial charge in [-0.3, -0.25) is 4.57 Å². The van der Waals surface area contributed by atoms with Gasteiger partial charge in [-0.05, 0) is 12.8 Å². The van der Waals surface area contributed by atoms with Crippen molar-refractivity contribution in [1.82, 2.24) is 14.8 Å². The lowest BCUT2D eigenvalue weighted by molar-refractivity contribution is 0.296. The third-order valence-corrected chi connectivity index (χ3v) is 6.39. The molecule has 8 heteroatoms. The van der Waals surface area contributed by atoms with E-state index in [1.165, 1.54) is 19.3 Å². The zero-order chi connectivity index (χ0) is 14.8. The monoisotopic (exact) mass is 345 g/mol. The Morgan fingerprint density at radius 2 is 1.75 bits per heavy atom. The van der Waals surface area contributed by atoms with Crippen LogP contribution in [0.15, 0.2) is 0 Å². The molecule has 1 aliphatic rings. The molecular formula is C12H26Cl2N3O2P. The van der Waals surface area contributed by atoms with Gasteiger partial charge in [0.25, 0.3) is 7.59 Å². The smallest absolute Gasteiger partial charge is 0.282 e. The molecule has 20 heavy (non-hydrogen) atoms. The minimum atomic E-state index is -2.94. The molecule has 0 saturated heterocycles. The fourth-order valence-electron chi connectivity index (χ4n) is 2.50. The van der Waals surface area contributed by atoms with Crippen LogP contribution in [0.25, 0.3) is 0 Å². The molecule has 0 aromatic heterocycles. The van der Waals surface area contributed by atoms with Gasteiger partial charge in [0.05, 0.1) is 6.61 Å². The Labute approximate surface area is 131 Å². The molecule has 1 unspecified atom stereocenters. The van der Waals surface area contributed by atoms with Crippen LogP contribution in [0.3, 0.4) is 0 Å². The Kier molecular flexibility index (Phi) is 9.71. The molecule has 0 heterocycles. The largest absolute Gasteiger partial charge is 0.395 e. The van der Waals surface area contributed by atoms with Crippen LogP contribution in [0.4, 0.5) is 0 Å². The molecule has 0 aliphatic heterocycles. The maximum atomic E-state index is 13.2. The first-order valence-corrected chi connectivity index (χ1v) is 10.0. The van der Waals surface area contributed by atoms with Gasteiger partial charge in [-0.15, -0.1) is 23.2 Å². The minimum absolute atomic E-state index is 0.0497. The highest BCUT2D eigenvalue weighted by molar-refractivity contribution is 7.57. The Morgan fingerprint density at radius 3 is 2.25 bits per heavy atom. The van der Waals surface area contributed by atoms with E-state index in [9.17, 15) is 4.57 Å². The molecule has 5 nitrogen and oxygen atoms in total. The van der Waals surface area contributed by atoms with Crippen LogP contribution in [0.1, 0.15) is 32.1 Å². The summed E-state index contributed by atoms with van der Waals surface area (Å²) in [4.78, 5) is 0. The fourth-order valence-corrected chi connectivity index (χ4v) is 5.51. The van der Waals surface area contributed by atoms with E-state index in [2.05, 4.69) is 10.2 Å². The van der Waals surface area contributed by atoms with Crippen LogP contribution in [0.2, 0.25) is 0 Å². The third-order valence-electron chi connectivity index (χ3n) is 3.48. The molecule has 3 N–H and O–H groups in total. The summed E-state index contributed by atoms with van der Waals surface area (Å²) in [5, 5.41) is 15.2. The van der Waals surface area contributed by atoms with Crippen LogP contribution in [-0.2, 0) is 4.57 Å². The van der Waals surface area contributed by atoms with E-state index >= 15 is 0 Å². The number of hydrogen-bond donors (Lipinski definition) is 3. The first kappa shape index (κ1) is 18.7. The summed E-state index contributed by atoms with van der Waals surface area (Å²) in [5.74, 6) is 0.794. The van der Waals surface area contributed by atoms with Crippen molar-refractivity contribution in [2.75, 3.05) is 38.0 Å². The summed E-state index contributed by atoms with van der Waals surface area (Å²) in [6.07, 6.45) is 5.67. The number of halogens is 2. The van der Waals surface area contributed by atoms with Crippen molar-refractivity contribution >= 4 is 30.8 Å². The molecule has 0 bridgehead atoms. The average molecular weight is 346 g/mol. The summed E-state index contributed by atoms with van der Waals surface area (Å²) in [6, 6.07) is 0.258. The van der Waals surface area contributed by atoms with Gasteiger partial charge in [0.1, 0.15) is 0 Å². The number of aliphatic hydroxyl groups excluding tert-OH is 1. The molecule has 120 valence electrons. The quantitative estimate of drug-likeness (QED) is 0.419. The van der Waals surface area contributed by atoms with E-state index in [1.807, 2.05) is 0 Å². The summed E-state index contributed by atoms with van der Waals surface area (Å²) in [6.45, 7) is 1.25. The second-order valence-electron chi connectivity index (χ2n) is 5.00. The van der Waals surface area contributed by atoms with Crippen molar-refractivity contribution in [3.63, 3.8) is 0 Å². The molecular weight excluding hydrogens is 320 g/mol. The molecule has 0 aromatic rings. The molecule has 1 atom stereocenters. The second-order valence-corrected chi connectivity index (χ2v) is 8.05. The van der Waals surface area contributed by atoms with E-state index < -0.39 is 7.59 Å². The Hall–Kier alpha value is 0.650. The summed E-state index contributed by atoms with van der Waals surface area (Å²) in [7, 11) is -2.94. The number of rotatable bonds is 10. The summed E-state index contributed by atoms with van der Waals surface area (Å²) < 4.78 is 15.0. The zero-order valence-corrected chi connectivity index (χ0v) is 14.3. The Morgan fingerprint density at radius 1 is 1.15 bits per heavy atom. The number of nitrogens with one attached hydrogen (secondary N) is 2. The van der Waals surface area contributed by atoms with Crippen LogP contribution in [0.5, 0.6) is 0 Å². The second kappa shape index (κ2) is 10.4. The van der Waals surface area contributed by atoms with E-state index in [4.69, 9.17) is 28.3 Å². The van der Waals surface area contributed by atoms with Crippen molar-refractivity contribution in [3.05, 3.63) is 0 Å². The van der Waals surface area contributed by atoms with E-state index in [0.29, 0.717) is 24.8 Å². The summed E-state index contributed by atoms with van der Waals surface area (Å²) >= 11 is 11.6. The lowest BCUT2D eigenvalue weighted by Gasteiger charge is -2.35. The van der Waals surface area contributed by atoms with Crippen molar-refractivity contribution in [2.45, 2.75) is 38.1 Å². The lowest BCUT2D eigenvalue weighted by Crippen LogP contribution is -2.43. The van der Waals surface area contributed by atoms with Gasteiger partial charge in [-0.2, -0.15) is 0 Å². The number of alkyl halides is 2. The van der Waals surface area contributed by atoms with E-state index in [1.54, 1.807) is 4.67 Å². The Balaban J connectivity index is 2.72. The van der Waals surface area contributed by atoms with Crippen molar-refractivity contribution in [2.24, 2.45) is 0 Å². The fraction of sp³-hybridized carbons (Fsp3) is 1.00. The molecule has 1 saturated carbocycles. The van der Waals surface area contributed by atoms with Crippen molar-refractivity contribution in [3.8, 4) is 0 Å². The number of hydrogen-bond acceptors (Lipinski definition) is 2.